The Labute approximate surface area is 153 Å². The lowest BCUT2D eigenvalue weighted by Crippen LogP contribution is -2.43. The van der Waals surface area contributed by atoms with E-state index in [4.69, 9.17) is 0 Å². The molecule has 138 valence electrons. The second kappa shape index (κ2) is 9.77. The van der Waals surface area contributed by atoms with Gasteiger partial charge in [-0.05, 0) is 24.3 Å². The summed E-state index contributed by atoms with van der Waals surface area (Å²) in [5.74, 6) is -0.357. The number of nitrogens with zero attached hydrogens (tertiary/aromatic N) is 2. The quantitative estimate of drug-likeness (QED) is 0.719. The third-order valence-corrected chi connectivity index (χ3v) is 3.95. The Morgan fingerprint density at radius 3 is 2.50 bits per heavy atom. The molecule has 1 heterocycles. The van der Waals surface area contributed by atoms with Crippen LogP contribution in [0.25, 0.3) is 0 Å². The summed E-state index contributed by atoms with van der Waals surface area (Å²) in [5, 5.41) is 12.8. The minimum Gasteiger partial charge on any atom is -0.393 e. The van der Waals surface area contributed by atoms with Gasteiger partial charge < -0.3 is 10.4 Å². The van der Waals surface area contributed by atoms with Crippen LogP contribution in [-0.2, 0) is 11.2 Å². The van der Waals surface area contributed by atoms with Crippen molar-refractivity contribution in [3.63, 3.8) is 0 Å². The largest absolute Gasteiger partial charge is 0.393 e. The number of carbonyl (C=O) groups is 2. The van der Waals surface area contributed by atoms with Crippen molar-refractivity contribution < 1.29 is 14.7 Å². The molecule has 26 heavy (non-hydrogen) atoms. The number of hydrogen-bond acceptors (Lipinski definition) is 5. The van der Waals surface area contributed by atoms with Crippen LogP contribution in [0.1, 0.15) is 42.7 Å². The molecule has 1 aromatic heterocycles. The number of Topliss-reactive ketones (excluding diaryl/α,β-unsaturated/α-hetero) is 1. The normalized spacial score (nSPS) is 13.2. The third-order valence-electron chi connectivity index (χ3n) is 3.95. The number of aliphatic hydroxyl groups is 1. The van der Waals surface area contributed by atoms with Crippen molar-refractivity contribution in [1.82, 2.24) is 15.3 Å². The maximum absolute atomic E-state index is 12.7. The molecule has 0 saturated heterocycles. The van der Waals surface area contributed by atoms with E-state index >= 15 is 0 Å². The maximum atomic E-state index is 12.7. The molecule has 2 rings (SSSR count). The van der Waals surface area contributed by atoms with E-state index in [1.54, 1.807) is 0 Å². The third kappa shape index (κ3) is 6.37. The lowest BCUT2D eigenvalue weighted by molar-refractivity contribution is -0.123. The zero-order chi connectivity index (χ0) is 18.9. The molecular formula is C20H25N3O3. The van der Waals surface area contributed by atoms with Gasteiger partial charge in [-0.2, -0.15) is 0 Å². The average Bonchev–Trinajstić information content (AvgIpc) is 2.62. The standard InChI is InChI=1S/C20H25N3O3/c1-14(2)10-16(24)12-19(25)17(11-15-6-4-3-5-7-15)23-20(26)18-13-21-8-9-22-18/h3-9,13-14,16-17,24H,10-12H2,1-2H3,(H,23,26)/t16?,17-/m0/s1. The van der Waals surface area contributed by atoms with Gasteiger partial charge >= 0.3 is 0 Å². The van der Waals surface area contributed by atoms with Crippen molar-refractivity contribution in [1.29, 1.82) is 0 Å². The number of rotatable bonds is 9. The zero-order valence-corrected chi connectivity index (χ0v) is 15.1. The second-order valence-electron chi connectivity index (χ2n) is 6.76. The number of aliphatic hydroxyl groups excluding tert-OH is 1. The van der Waals surface area contributed by atoms with E-state index in [0.29, 0.717) is 18.8 Å². The molecule has 2 aromatic rings. The van der Waals surface area contributed by atoms with Gasteiger partial charge in [0.1, 0.15) is 5.69 Å². The molecule has 1 unspecified atom stereocenters. The number of carbonyl (C=O) groups excluding carboxylic acids is 2. The van der Waals surface area contributed by atoms with E-state index in [1.165, 1.54) is 18.6 Å². The van der Waals surface area contributed by atoms with E-state index in [0.717, 1.165) is 5.56 Å². The molecule has 0 aliphatic rings. The van der Waals surface area contributed by atoms with Gasteiger partial charge in [0.25, 0.3) is 5.91 Å². The van der Waals surface area contributed by atoms with Crippen LogP contribution >= 0.6 is 0 Å². The van der Waals surface area contributed by atoms with Crippen LogP contribution in [-0.4, -0.2) is 38.9 Å². The van der Waals surface area contributed by atoms with Crippen LogP contribution < -0.4 is 5.32 Å². The number of benzene rings is 1. The highest BCUT2D eigenvalue weighted by atomic mass is 16.3. The van der Waals surface area contributed by atoms with E-state index in [2.05, 4.69) is 15.3 Å². The van der Waals surface area contributed by atoms with Gasteiger partial charge in [0.15, 0.2) is 5.78 Å². The number of amides is 1. The molecular weight excluding hydrogens is 330 g/mol. The molecule has 6 nitrogen and oxygen atoms in total. The summed E-state index contributed by atoms with van der Waals surface area (Å²) in [7, 11) is 0. The van der Waals surface area contributed by atoms with E-state index in [1.807, 2.05) is 44.2 Å². The van der Waals surface area contributed by atoms with E-state index < -0.39 is 18.1 Å². The molecule has 0 spiro atoms. The monoisotopic (exact) mass is 355 g/mol. The van der Waals surface area contributed by atoms with Gasteiger partial charge in [-0.15, -0.1) is 0 Å². The van der Waals surface area contributed by atoms with Gasteiger partial charge in [0, 0.05) is 18.8 Å². The van der Waals surface area contributed by atoms with Gasteiger partial charge in [0.05, 0.1) is 18.3 Å². The fourth-order valence-electron chi connectivity index (χ4n) is 2.75. The Kier molecular flexibility index (Phi) is 7.41. The summed E-state index contributed by atoms with van der Waals surface area (Å²) < 4.78 is 0. The van der Waals surface area contributed by atoms with Crippen molar-refractivity contribution in [2.45, 2.75) is 45.3 Å². The zero-order valence-electron chi connectivity index (χ0n) is 15.1. The number of aromatic nitrogens is 2. The van der Waals surface area contributed by atoms with Crippen LogP contribution in [0.15, 0.2) is 48.9 Å². The molecule has 0 aliphatic carbocycles. The molecule has 0 aliphatic heterocycles. The molecule has 1 aromatic carbocycles. The van der Waals surface area contributed by atoms with Crippen molar-refractivity contribution in [3.05, 3.63) is 60.2 Å². The van der Waals surface area contributed by atoms with Crippen LogP contribution in [0.5, 0.6) is 0 Å². The second-order valence-corrected chi connectivity index (χ2v) is 6.76. The fraction of sp³-hybridized carbons (Fsp3) is 0.400. The van der Waals surface area contributed by atoms with Crippen LogP contribution in [0.2, 0.25) is 0 Å². The van der Waals surface area contributed by atoms with Gasteiger partial charge in [0.2, 0.25) is 0 Å². The van der Waals surface area contributed by atoms with Crippen molar-refractivity contribution in [2.24, 2.45) is 5.92 Å². The highest BCUT2D eigenvalue weighted by Crippen LogP contribution is 2.12. The first-order valence-electron chi connectivity index (χ1n) is 8.77. The minimum absolute atomic E-state index is 0.0103. The number of nitrogens with one attached hydrogen (secondary N) is 1. The summed E-state index contributed by atoms with van der Waals surface area (Å²) in [4.78, 5) is 32.9. The van der Waals surface area contributed by atoms with Gasteiger partial charge in [-0.25, -0.2) is 4.98 Å². The Morgan fingerprint density at radius 1 is 1.15 bits per heavy atom. The maximum Gasteiger partial charge on any atom is 0.272 e. The van der Waals surface area contributed by atoms with Crippen molar-refractivity contribution in [3.8, 4) is 0 Å². The Balaban J connectivity index is 2.10. The first-order chi connectivity index (χ1) is 12.5. The smallest absolute Gasteiger partial charge is 0.272 e. The van der Waals surface area contributed by atoms with Gasteiger partial charge in [-0.1, -0.05) is 44.2 Å². The summed E-state index contributed by atoms with van der Waals surface area (Å²) in [6, 6.07) is 8.74. The Bertz CT molecular complexity index is 705. The average molecular weight is 355 g/mol. The number of ketones is 1. The van der Waals surface area contributed by atoms with E-state index in [9.17, 15) is 14.7 Å². The van der Waals surface area contributed by atoms with Crippen LogP contribution in [0.4, 0.5) is 0 Å². The topological polar surface area (TPSA) is 92.2 Å². The first-order valence-corrected chi connectivity index (χ1v) is 8.77. The van der Waals surface area contributed by atoms with Crippen molar-refractivity contribution >= 4 is 11.7 Å². The lowest BCUT2D eigenvalue weighted by atomic mass is 9.95. The van der Waals surface area contributed by atoms with Gasteiger partial charge in [-0.3, -0.25) is 14.6 Å². The van der Waals surface area contributed by atoms with Crippen LogP contribution in [0.3, 0.4) is 0 Å². The van der Waals surface area contributed by atoms with Crippen molar-refractivity contribution in [2.75, 3.05) is 0 Å². The summed E-state index contributed by atoms with van der Waals surface area (Å²) >= 11 is 0. The molecule has 0 saturated carbocycles. The fourth-order valence-corrected chi connectivity index (χ4v) is 2.75. The molecule has 0 radical (unpaired) electrons. The summed E-state index contributed by atoms with van der Waals surface area (Å²) in [6.45, 7) is 3.98. The molecule has 0 bridgehead atoms. The Morgan fingerprint density at radius 2 is 1.88 bits per heavy atom. The van der Waals surface area contributed by atoms with E-state index in [-0.39, 0.29) is 17.9 Å². The molecule has 0 fully saturated rings. The molecule has 1 amide bonds. The van der Waals surface area contributed by atoms with Crippen LogP contribution in [0, 0.1) is 5.92 Å². The predicted molar refractivity (Wildman–Crippen MR) is 98.5 cm³/mol. The Hall–Kier alpha value is -2.60. The SMILES string of the molecule is CC(C)CC(O)CC(=O)[C@H](Cc1ccccc1)NC(=O)c1cnccn1. The summed E-state index contributed by atoms with van der Waals surface area (Å²) in [6.07, 6.45) is 4.46. The molecule has 2 N–H and O–H groups in total. The highest BCUT2D eigenvalue weighted by molar-refractivity contribution is 5.96. The highest BCUT2D eigenvalue weighted by Gasteiger charge is 2.24. The first kappa shape index (κ1) is 19.7. The predicted octanol–water partition coefficient (Wildman–Crippen LogP) is 2.18. The molecule has 2 atom stereocenters. The lowest BCUT2D eigenvalue weighted by Gasteiger charge is -2.20. The molecule has 6 heteroatoms. The minimum atomic E-state index is -0.728. The summed E-state index contributed by atoms with van der Waals surface area (Å²) in [5.41, 5.74) is 1.09. The number of hydrogen-bond donors (Lipinski definition) is 2.